The second kappa shape index (κ2) is 2.97. The number of ketones is 1. The van der Waals surface area contributed by atoms with E-state index in [2.05, 4.69) is 0 Å². The predicted octanol–water partition coefficient (Wildman–Crippen LogP) is 3.10. The summed E-state index contributed by atoms with van der Waals surface area (Å²) in [5.74, 6) is 1.06. The van der Waals surface area contributed by atoms with Gasteiger partial charge in [0.15, 0.2) is 5.78 Å². The van der Waals surface area contributed by atoms with Gasteiger partial charge in [-0.15, -0.1) is 11.6 Å². The molecule has 4 saturated carbocycles. The standard InChI is InChI=1S/C12H16ClFO/c13-6-10(15)11-2-8-1-9(3-11)5-12(14,4-8)7-11/h8-9H,1-7H2. The van der Waals surface area contributed by atoms with E-state index < -0.39 is 5.67 Å². The molecule has 0 heterocycles. The molecule has 4 bridgehead atoms. The van der Waals surface area contributed by atoms with Crippen molar-refractivity contribution in [2.24, 2.45) is 17.3 Å². The van der Waals surface area contributed by atoms with Crippen LogP contribution in [0.5, 0.6) is 0 Å². The zero-order valence-corrected chi connectivity index (χ0v) is 9.52. The molecule has 0 aromatic rings. The largest absolute Gasteiger partial charge is 0.298 e. The van der Waals surface area contributed by atoms with Gasteiger partial charge in [-0.05, 0) is 50.4 Å². The quantitative estimate of drug-likeness (QED) is 0.667. The summed E-state index contributed by atoms with van der Waals surface area (Å²) in [6.07, 6.45) is 4.80. The van der Waals surface area contributed by atoms with Gasteiger partial charge in [-0.25, -0.2) is 4.39 Å². The Balaban J connectivity index is 1.96. The van der Waals surface area contributed by atoms with E-state index in [1.54, 1.807) is 0 Å². The molecule has 4 aliphatic rings. The number of carbonyl (C=O) groups excluding carboxylic acids is 1. The van der Waals surface area contributed by atoms with Crippen LogP contribution in [0.15, 0.2) is 0 Å². The monoisotopic (exact) mass is 230 g/mol. The Morgan fingerprint density at radius 1 is 1.27 bits per heavy atom. The average molecular weight is 231 g/mol. The number of hydrogen-bond donors (Lipinski definition) is 0. The highest BCUT2D eigenvalue weighted by Gasteiger charge is 2.60. The minimum atomic E-state index is -1.04. The SMILES string of the molecule is O=C(CCl)C12CC3CC(CC(F)(C3)C1)C2. The Hall–Kier alpha value is -0.110. The molecule has 0 N–H and O–H groups in total. The van der Waals surface area contributed by atoms with Crippen molar-refractivity contribution in [2.75, 3.05) is 5.88 Å². The van der Waals surface area contributed by atoms with Crippen LogP contribution in [0.1, 0.15) is 38.5 Å². The topological polar surface area (TPSA) is 17.1 Å². The first kappa shape index (κ1) is 10.1. The molecule has 0 aliphatic heterocycles. The highest BCUT2D eigenvalue weighted by Crippen LogP contribution is 2.63. The van der Waals surface area contributed by atoms with Crippen LogP contribution in [0.3, 0.4) is 0 Å². The zero-order chi connectivity index (χ0) is 10.7. The Morgan fingerprint density at radius 3 is 2.33 bits per heavy atom. The van der Waals surface area contributed by atoms with E-state index in [1.807, 2.05) is 0 Å². The Labute approximate surface area is 94.4 Å². The first-order chi connectivity index (χ1) is 7.05. The smallest absolute Gasteiger partial charge is 0.153 e. The molecule has 0 spiro atoms. The number of hydrogen-bond acceptors (Lipinski definition) is 1. The minimum absolute atomic E-state index is 0.0650. The summed E-state index contributed by atoms with van der Waals surface area (Å²) in [6.45, 7) is 0. The van der Waals surface area contributed by atoms with E-state index in [-0.39, 0.29) is 17.1 Å². The van der Waals surface area contributed by atoms with Crippen LogP contribution in [0.25, 0.3) is 0 Å². The zero-order valence-electron chi connectivity index (χ0n) is 8.77. The van der Waals surface area contributed by atoms with E-state index in [9.17, 15) is 9.18 Å². The van der Waals surface area contributed by atoms with Crippen molar-refractivity contribution >= 4 is 17.4 Å². The summed E-state index contributed by atoms with van der Waals surface area (Å²) in [5, 5.41) is 0. The van der Waals surface area contributed by atoms with Crippen molar-refractivity contribution in [3.05, 3.63) is 0 Å². The fourth-order valence-electron chi connectivity index (χ4n) is 4.62. The average Bonchev–Trinajstić information content (AvgIpc) is 2.12. The van der Waals surface area contributed by atoms with Crippen LogP contribution in [0.2, 0.25) is 0 Å². The van der Waals surface area contributed by atoms with Gasteiger partial charge in [-0.1, -0.05) is 0 Å². The van der Waals surface area contributed by atoms with E-state index in [0.717, 1.165) is 19.3 Å². The Bertz CT molecular complexity index is 301. The van der Waals surface area contributed by atoms with Crippen LogP contribution >= 0.6 is 11.6 Å². The fourth-order valence-corrected chi connectivity index (χ4v) is 4.90. The normalized spacial score (nSPS) is 52.1. The first-order valence-electron chi connectivity index (χ1n) is 5.83. The summed E-state index contributed by atoms with van der Waals surface area (Å²) in [6, 6.07) is 0. The molecule has 1 nitrogen and oxygen atoms in total. The molecule has 2 unspecified atom stereocenters. The van der Waals surface area contributed by atoms with E-state index in [0.29, 0.717) is 31.1 Å². The third-order valence-corrected chi connectivity index (χ3v) is 4.95. The number of alkyl halides is 2. The van der Waals surface area contributed by atoms with Gasteiger partial charge in [0.2, 0.25) is 0 Å². The van der Waals surface area contributed by atoms with Crippen LogP contribution in [-0.2, 0) is 4.79 Å². The van der Waals surface area contributed by atoms with Gasteiger partial charge in [0.1, 0.15) is 5.67 Å². The lowest BCUT2D eigenvalue weighted by molar-refractivity contribution is -0.156. The first-order valence-corrected chi connectivity index (χ1v) is 6.37. The maximum Gasteiger partial charge on any atom is 0.153 e. The fraction of sp³-hybridized carbons (Fsp3) is 0.917. The van der Waals surface area contributed by atoms with Gasteiger partial charge in [0.25, 0.3) is 0 Å². The van der Waals surface area contributed by atoms with Gasteiger partial charge in [-0.2, -0.15) is 0 Å². The predicted molar refractivity (Wildman–Crippen MR) is 56.7 cm³/mol. The van der Waals surface area contributed by atoms with Gasteiger partial charge >= 0.3 is 0 Å². The second-order valence-corrected chi connectivity index (χ2v) is 6.22. The molecule has 0 aromatic heterocycles. The summed E-state index contributed by atoms with van der Waals surface area (Å²) in [5.41, 5.74) is -1.41. The van der Waals surface area contributed by atoms with Gasteiger partial charge in [0, 0.05) is 5.41 Å². The third-order valence-electron chi connectivity index (χ3n) is 4.70. The van der Waals surface area contributed by atoms with E-state index in [1.165, 1.54) is 0 Å². The number of halogens is 2. The van der Waals surface area contributed by atoms with Crippen LogP contribution in [0, 0.1) is 17.3 Å². The number of Topliss-reactive ketones (excluding diaryl/α,β-unsaturated/α-hetero) is 1. The lowest BCUT2D eigenvalue weighted by Crippen LogP contribution is -2.56. The molecule has 3 heteroatoms. The number of carbonyl (C=O) groups is 1. The second-order valence-electron chi connectivity index (χ2n) is 5.95. The van der Waals surface area contributed by atoms with Crippen LogP contribution < -0.4 is 0 Å². The van der Waals surface area contributed by atoms with E-state index >= 15 is 0 Å². The molecular formula is C12H16ClFO. The van der Waals surface area contributed by atoms with Crippen molar-refractivity contribution in [1.82, 2.24) is 0 Å². The maximum absolute atomic E-state index is 14.4. The van der Waals surface area contributed by atoms with Crippen LogP contribution in [-0.4, -0.2) is 17.3 Å². The lowest BCUT2D eigenvalue weighted by atomic mass is 9.47. The van der Waals surface area contributed by atoms with Crippen molar-refractivity contribution < 1.29 is 9.18 Å². The summed E-state index contributed by atoms with van der Waals surface area (Å²) >= 11 is 5.66. The molecule has 15 heavy (non-hydrogen) atoms. The highest BCUT2D eigenvalue weighted by molar-refractivity contribution is 6.28. The van der Waals surface area contributed by atoms with Crippen molar-refractivity contribution in [1.29, 1.82) is 0 Å². The summed E-state index contributed by atoms with van der Waals surface area (Å²) < 4.78 is 14.4. The van der Waals surface area contributed by atoms with Crippen molar-refractivity contribution in [3.8, 4) is 0 Å². The maximum atomic E-state index is 14.4. The van der Waals surface area contributed by atoms with Gasteiger partial charge in [0.05, 0.1) is 5.88 Å². The number of rotatable bonds is 2. The Morgan fingerprint density at radius 2 is 1.87 bits per heavy atom. The molecule has 4 rings (SSSR count). The molecule has 84 valence electrons. The van der Waals surface area contributed by atoms with Crippen molar-refractivity contribution in [2.45, 2.75) is 44.2 Å². The molecular weight excluding hydrogens is 215 g/mol. The lowest BCUT2D eigenvalue weighted by Gasteiger charge is -2.58. The Kier molecular flexibility index (Phi) is 1.99. The molecule has 2 atom stereocenters. The highest BCUT2D eigenvalue weighted by atomic mass is 35.5. The third kappa shape index (κ3) is 1.37. The molecule has 4 aliphatic carbocycles. The van der Waals surface area contributed by atoms with Gasteiger partial charge < -0.3 is 0 Å². The minimum Gasteiger partial charge on any atom is -0.298 e. The van der Waals surface area contributed by atoms with Crippen LogP contribution in [0.4, 0.5) is 4.39 Å². The summed E-state index contributed by atoms with van der Waals surface area (Å²) in [7, 11) is 0. The molecule has 0 aromatic carbocycles. The summed E-state index contributed by atoms with van der Waals surface area (Å²) in [4.78, 5) is 11.9. The van der Waals surface area contributed by atoms with Crippen molar-refractivity contribution in [3.63, 3.8) is 0 Å². The molecule has 0 radical (unpaired) electrons. The van der Waals surface area contributed by atoms with E-state index in [4.69, 9.17) is 11.6 Å². The molecule has 0 amide bonds. The van der Waals surface area contributed by atoms with Gasteiger partial charge in [-0.3, -0.25) is 4.79 Å². The molecule has 4 fully saturated rings. The molecule has 0 saturated heterocycles.